The van der Waals surface area contributed by atoms with Crippen molar-refractivity contribution < 1.29 is 9.21 Å². The summed E-state index contributed by atoms with van der Waals surface area (Å²) in [6.45, 7) is 0.517. The normalized spacial score (nSPS) is 10.9. The molecule has 2 aromatic heterocycles. The summed E-state index contributed by atoms with van der Waals surface area (Å²) >= 11 is 1.67. The van der Waals surface area contributed by atoms with Crippen molar-refractivity contribution in [2.75, 3.05) is 12.3 Å². The van der Waals surface area contributed by atoms with Crippen LogP contribution in [0.1, 0.15) is 16.2 Å². The highest BCUT2D eigenvalue weighted by Gasteiger charge is 2.14. The van der Waals surface area contributed by atoms with E-state index < -0.39 is 0 Å². The second kappa shape index (κ2) is 7.35. The molecule has 24 heavy (non-hydrogen) atoms. The maximum atomic E-state index is 12.4. The van der Waals surface area contributed by atoms with Gasteiger partial charge in [-0.05, 0) is 18.2 Å². The van der Waals surface area contributed by atoms with Crippen molar-refractivity contribution in [2.45, 2.75) is 5.75 Å². The van der Waals surface area contributed by atoms with Crippen molar-refractivity contribution in [1.82, 2.24) is 15.1 Å². The molecule has 2 heterocycles. The Morgan fingerprint density at radius 1 is 1.25 bits per heavy atom. The SMILES string of the molecule is Cn1nc(C(=O)NCCSCc2ccco2)c2ccccc2c1=O. The summed E-state index contributed by atoms with van der Waals surface area (Å²) in [5.74, 6) is 2.16. The quantitative estimate of drug-likeness (QED) is 0.694. The molecule has 7 heteroatoms. The van der Waals surface area contributed by atoms with Gasteiger partial charge in [0.2, 0.25) is 0 Å². The Balaban J connectivity index is 1.64. The maximum absolute atomic E-state index is 12.4. The molecule has 0 saturated carbocycles. The smallest absolute Gasteiger partial charge is 0.274 e. The molecule has 1 N–H and O–H groups in total. The Morgan fingerprint density at radius 2 is 2.04 bits per heavy atom. The van der Waals surface area contributed by atoms with Crippen LogP contribution in [0.3, 0.4) is 0 Å². The molecule has 0 aliphatic carbocycles. The summed E-state index contributed by atoms with van der Waals surface area (Å²) in [4.78, 5) is 24.5. The molecule has 0 radical (unpaired) electrons. The van der Waals surface area contributed by atoms with Gasteiger partial charge >= 0.3 is 0 Å². The fourth-order valence-corrected chi connectivity index (χ4v) is 3.11. The predicted octanol–water partition coefficient (Wildman–Crippen LogP) is 2.19. The molecule has 1 aromatic carbocycles. The van der Waals surface area contributed by atoms with Gasteiger partial charge in [-0.15, -0.1) is 0 Å². The number of carbonyl (C=O) groups is 1. The van der Waals surface area contributed by atoms with Gasteiger partial charge in [0.05, 0.1) is 17.4 Å². The third kappa shape index (κ3) is 3.51. The summed E-state index contributed by atoms with van der Waals surface area (Å²) in [6.07, 6.45) is 1.65. The van der Waals surface area contributed by atoms with Crippen LogP contribution in [-0.2, 0) is 12.8 Å². The summed E-state index contributed by atoms with van der Waals surface area (Å²) in [7, 11) is 1.55. The summed E-state index contributed by atoms with van der Waals surface area (Å²) in [5.41, 5.74) is 0.0555. The van der Waals surface area contributed by atoms with Gasteiger partial charge in [0.15, 0.2) is 5.69 Å². The van der Waals surface area contributed by atoms with Crippen LogP contribution in [0.4, 0.5) is 0 Å². The largest absolute Gasteiger partial charge is 0.468 e. The van der Waals surface area contributed by atoms with Crippen LogP contribution >= 0.6 is 11.8 Å². The van der Waals surface area contributed by atoms with E-state index in [1.54, 1.807) is 49.3 Å². The molecule has 0 bridgehead atoms. The lowest BCUT2D eigenvalue weighted by Crippen LogP contribution is -2.30. The Kier molecular flexibility index (Phi) is 5.00. The highest BCUT2D eigenvalue weighted by molar-refractivity contribution is 7.98. The van der Waals surface area contributed by atoms with Gasteiger partial charge in [-0.3, -0.25) is 9.59 Å². The van der Waals surface area contributed by atoms with Crippen LogP contribution in [0, 0.1) is 0 Å². The van der Waals surface area contributed by atoms with Gasteiger partial charge < -0.3 is 9.73 Å². The van der Waals surface area contributed by atoms with Gasteiger partial charge in [-0.25, -0.2) is 4.68 Å². The second-order valence-corrected chi connectivity index (χ2v) is 6.32. The average Bonchev–Trinajstić information content (AvgIpc) is 3.11. The molecule has 0 fully saturated rings. The molecular formula is C17H17N3O3S. The molecule has 0 atom stereocenters. The van der Waals surface area contributed by atoms with Gasteiger partial charge in [-0.1, -0.05) is 18.2 Å². The maximum Gasteiger partial charge on any atom is 0.274 e. The molecule has 1 amide bonds. The van der Waals surface area contributed by atoms with Crippen LogP contribution in [-0.4, -0.2) is 28.0 Å². The fourth-order valence-electron chi connectivity index (χ4n) is 2.36. The Labute approximate surface area is 142 Å². The van der Waals surface area contributed by atoms with E-state index in [-0.39, 0.29) is 17.2 Å². The standard InChI is InChI=1S/C17H17N3O3S/c1-20-17(22)14-7-3-2-6-13(14)15(19-20)16(21)18-8-10-24-11-12-5-4-9-23-12/h2-7,9H,8,10-11H2,1H3,(H,18,21). The third-order valence-electron chi connectivity index (χ3n) is 3.53. The molecular weight excluding hydrogens is 326 g/mol. The van der Waals surface area contributed by atoms with E-state index in [4.69, 9.17) is 4.42 Å². The topological polar surface area (TPSA) is 77.1 Å². The number of aromatic nitrogens is 2. The molecule has 0 unspecified atom stereocenters. The molecule has 3 aromatic rings. The Bertz CT molecular complexity index is 903. The fraction of sp³-hybridized carbons (Fsp3) is 0.235. The minimum Gasteiger partial charge on any atom is -0.468 e. The van der Waals surface area contributed by atoms with Crippen molar-refractivity contribution in [3.05, 3.63) is 64.5 Å². The number of aryl methyl sites for hydroxylation is 1. The molecule has 0 saturated heterocycles. The van der Waals surface area contributed by atoms with E-state index in [2.05, 4.69) is 10.4 Å². The first-order valence-corrected chi connectivity index (χ1v) is 8.66. The number of thioether (sulfide) groups is 1. The Hall–Kier alpha value is -2.54. The number of hydrogen-bond acceptors (Lipinski definition) is 5. The van der Waals surface area contributed by atoms with E-state index in [1.807, 2.05) is 12.1 Å². The van der Waals surface area contributed by atoms with Gasteiger partial charge in [-0.2, -0.15) is 16.9 Å². The van der Waals surface area contributed by atoms with Gasteiger partial charge in [0.25, 0.3) is 11.5 Å². The van der Waals surface area contributed by atoms with Crippen molar-refractivity contribution in [2.24, 2.45) is 7.05 Å². The molecule has 0 aliphatic heterocycles. The van der Waals surface area contributed by atoms with Gasteiger partial charge in [0, 0.05) is 24.7 Å². The second-order valence-electron chi connectivity index (χ2n) is 5.21. The first-order chi connectivity index (χ1) is 11.7. The first-order valence-electron chi connectivity index (χ1n) is 7.51. The zero-order valence-electron chi connectivity index (χ0n) is 13.2. The van der Waals surface area contributed by atoms with Crippen molar-refractivity contribution in [3.8, 4) is 0 Å². The summed E-state index contributed by atoms with van der Waals surface area (Å²) in [6, 6.07) is 10.8. The number of carbonyl (C=O) groups excluding carboxylic acids is 1. The van der Waals surface area contributed by atoms with Crippen molar-refractivity contribution in [3.63, 3.8) is 0 Å². The first kappa shape index (κ1) is 16.3. The number of benzene rings is 1. The van der Waals surface area contributed by atoms with E-state index in [0.29, 0.717) is 17.3 Å². The molecule has 0 aliphatic rings. The number of nitrogens with zero attached hydrogens (tertiary/aromatic N) is 2. The van der Waals surface area contributed by atoms with Crippen LogP contribution in [0.5, 0.6) is 0 Å². The zero-order valence-corrected chi connectivity index (χ0v) is 14.0. The highest BCUT2D eigenvalue weighted by Crippen LogP contribution is 2.14. The number of furan rings is 1. The number of hydrogen-bond donors (Lipinski definition) is 1. The zero-order chi connectivity index (χ0) is 16.9. The lowest BCUT2D eigenvalue weighted by Gasteiger charge is -2.08. The van der Waals surface area contributed by atoms with Crippen LogP contribution in [0.15, 0.2) is 51.9 Å². The third-order valence-corrected chi connectivity index (χ3v) is 4.51. The number of amides is 1. The molecule has 0 spiro atoms. The lowest BCUT2D eigenvalue weighted by molar-refractivity contribution is 0.0951. The van der Waals surface area contributed by atoms with E-state index in [9.17, 15) is 9.59 Å². The number of rotatable bonds is 6. The minimum atomic E-state index is -0.277. The number of fused-ring (bicyclic) bond motifs is 1. The Morgan fingerprint density at radius 3 is 2.79 bits per heavy atom. The molecule has 6 nitrogen and oxygen atoms in total. The van der Waals surface area contributed by atoms with Crippen LogP contribution in [0.25, 0.3) is 10.8 Å². The van der Waals surface area contributed by atoms with E-state index in [0.717, 1.165) is 17.3 Å². The van der Waals surface area contributed by atoms with Gasteiger partial charge in [0.1, 0.15) is 5.76 Å². The minimum absolute atomic E-state index is 0.212. The van der Waals surface area contributed by atoms with E-state index in [1.165, 1.54) is 4.68 Å². The predicted molar refractivity (Wildman–Crippen MR) is 94.2 cm³/mol. The van der Waals surface area contributed by atoms with Crippen LogP contribution in [0.2, 0.25) is 0 Å². The molecule has 3 rings (SSSR count). The monoisotopic (exact) mass is 343 g/mol. The summed E-state index contributed by atoms with van der Waals surface area (Å²) < 4.78 is 6.45. The number of nitrogens with one attached hydrogen (secondary N) is 1. The highest BCUT2D eigenvalue weighted by atomic mass is 32.2. The van der Waals surface area contributed by atoms with Crippen LogP contribution < -0.4 is 10.9 Å². The summed E-state index contributed by atoms with van der Waals surface area (Å²) in [5, 5.41) is 8.02. The van der Waals surface area contributed by atoms with Crippen molar-refractivity contribution in [1.29, 1.82) is 0 Å². The lowest BCUT2D eigenvalue weighted by atomic mass is 10.1. The average molecular weight is 343 g/mol. The molecule has 124 valence electrons. The van der Waals surface area contributed by atoms with Crippen molar-refractivity contribution >= 4 is 28.4 Å². The van der Waals surface area contributed by atoms with E-state index >= 15 is 0 Å².